The molecule has 2 aliphatic rings. The first-order valence-electron chi connectivity index (χ1n) is 10.8. The lowest BCUT2D eigenvalue weighted by Crippen LogP contribution is -2.50. The lowest BCUT2D eigenvalue weighted by molar-refractivity contribution is -0.131. The summed E-state index contributed by atoms with van der Waals surface area (Å²) in [6, 6.07) is 12.3. The zero-order valence-electron chi connectivity index (χ0n) is 18.1. The fraction of sp³-hybridized carbons (Fsp3) is 0.304. The molecule has 0 spiro atoms. The van der Waals surface area contributed by atoms with Gasteiger partial charge in [0.1, 0.15) is 5.75 Å². The number of hydrogen-bond donors (Lipinski definition) is 2. The maximum atomic E-state index is 13.2. The Morgan fingerprint density at radius 1 is 1.12 bits per heavy atom. The van der Waals surface area contributed by atoms with E-state index >= 15 is 0 Å². The number of nitrogens with zero attached hydrogens (tertiary/aromatic N) is 2. The number of carbonyl (C=O) groups is 2. The second kappa shape index (κ2) is 8.20. The number of anilines is 1. The number of benzene rings is 2. The molecule has 9 nitrogen and oxygen atoms in total. The van der Waals surface area contributed by atoms with E-state index in [0.29, 0.717) is 24.5 Å². The number of piperazine rings is 1. The van der Waals surface area contributed by atoms with Crippen LogP contribution >= 0.6 is 0 Å². The lowest BCUT2D eigenvalue weighted by Gasteiger charge is -2.34. The fourth-order valence-electron chi connectivity index (χ4n) is 4.23. The quantitative estimate of drug-likeness (QED) is 0.608. The molecule has 2 amide bonds. The number of carbonyl (C=O) groups excluding carboxylic acids is 2. The number of H-pyrrole nitrogens is 1. The van der Waals surface area contributed by atoms with Crippen LogP contribution in [0.3, 0.4) is 0 Å². The molecule has 1 fully saturated rings. The van der Waals surface area contributed by atoms with Gasteiger partial charge < -0.3 is 19.9 Å². The maximum absolute atomic E-state index is 13.2. The van der Waals surface area contributed by atoms with Crippen LogP contribution in [-0.2, 0) is 26.0 Å². The highest BCUT2D eigenvalue weighted by Crippen LogP contribution is 2.33. The smallest absolute Gasteiger partial charge is 0.265 e. The largest absolute Gasteiger partial charge is 0.479 e. The van der Waals surface area contributed by atoms with Crippen LogP contribution in [0.4, 0.5) is 5.69 Å². The van der Waals surface area contributed by atoms with Crippen molar-refractivity contribution in [2.24, 2.45) is 0 Å². The highest BCUT2D eigenvalue weighted by atomic mass is 32.2. The normalized spacial score (nSPS) is 19.1. The summed E-state index contributed by atoms with van der Waals surface area (Å²) >= 11 is 0. The molecule has 2 aliphatic heterocycles. The molecule has 1 atom stereocenters. The topological polar surface area (TPSA) is 112 Å². The third-order valence-electron chi connectivity index (χ3n) is 6.13. The molecule has 2 N–H and O–H groups in total. The Kier molecular flexibility index (Phi) is 5.34. The number of sulfonamides is 1. The molecule has 10 heteroatoms. The van der Waals surface area contributed by atoms with E-state index in [1.807, 2.05) is 30.5 Å². The Balaban J connectivity index is 1.25. The number of para-hydroxylation sites is 1. The van der Waals surface area contributed by atoms with Crippen molar-refractivity contribution in [1.29, 1.82) is 0 Å². The second-order valence-electron chi connectivity index (χ2n) is 8.23. The molecule has 5 rings (SSSR count). The minimum absolute atomic E-state index is 0.0282. The third-order valence-corrected chi connectivity index (χ3v) is 8.02. The maximum Gasteiger partial charge on any atom is 0.265 e. The van der Waals surface area contributed by atoms with Gasteiger partial charge in [-0.1, -0.05) is 18.2 Å². The lowest BCUT2D eigenvalue weighted by atomic mass is 10.1. The van der Waals surface area contributed by atoms with Crippen molar-refractivity contribution < 1.29 is 22.7 Å². The van der Waals surface area contributed by atoms with E-state index in [0.717, 1.165) is 16.5 Å². The number of amides is 2. The highest BCUT2D eigenvalue weighted by molar-refractivity contribution is 7.89. The standard InChI is InChI=1S/C23H24N4O5S/c1-15-23(29)25-20-13-17(6-7-21(20)32-15)33(30,31)27-10-8-26(9-11-27)22(28)12-16-14-24-19-5-3-2-4-18(16)19/h2-7,13-15,24H,8-12H2,1H3,(H,25,29). The molecule has 3 aromatic rings. The van der Waals surface area contributed by atoms with Crippen LogP contribution in [-0.4, -0.2) is 66.7 Å². The van der Waals surface area contributed by atoms with Gasteiger partial charge in [0.05, 0.1) is 17.0 Å². The van der Waals surface area contributed by atoms with Gasteiger partial charge in [-0.3, -0.25) is 9.59 Å². The van der Waals surface area contributed by atoms with Gasteiger partial charge in [-0.05, 0) is 36.8 Å². The highest BCUT2D eigenvalue weighted by Gasteiger charge is 2.32. The molecule has 0 radical (unpaired) electrons. The van der Waals surface area contributed by atoms with Crippen LogP contribution in [0.5, 0.6) is 5.75 Å². The molecular weight excluding hydrogens is 444 g/mol. The molecule has 3 heterocycles. The first-order chi connectivity index (χ1) is 15.8. The summed E-state index contributed by atoms with van der Waals surface area (Å²) in [6.45, 7) is 2.69. The monoisotopic (exact) mass is 468 g/mol. The van der Waals surface area contributed by atoms with Crippen molar-refractivity contribution in [3.05, 3.63) is 54.2 Å². The van der Waals surface area contributed by atoms with Crippen molar-refractivity contribution in [3.8, 4) is 5.75 Å². The first kappa shape index (κ1) is 21.5. The number of hydrogen-bond acceptors (Lipinski definition) is 5. The zero-order valence-corrected chi connectivity index (χ0v) is 18.9. The van der Waals surface area contributed by atoms with Gasteiger partial charge in [-0.15, -0.1) is 0 Å². The average molecular weight is 469 g/mol. The number of nitrogens with one attached hydrogen (secondary N) is 2. The Morgan fingerprint density at radius 3 is 2.67 bits per heavy atom. The van der Waals surface area contributed by atoms with Crippen LogP contribution < -0.4 is 10.1 Å². The van der Waals surface area contributed by atoms with Crippen molar-refractivity contribution in [2.45, 2.75) is 24.3 Å². The van der Waals surface area contributed by atoms with E-state index < -0.39 is 16.1 Å². The van der Waals surface area contributed by atoms with E-state index in [1.165, 1.54) is 16.4 Å². The fourth-order valence-corrected chi connectivity index (χ4v) is 5.68. The number of aromatic amines is 1. The molecule has 1 aromatic heterocycles. The van der Waals surface area contributed by atoms with E-state index in [1.54, 1.807) is 17.9 Å². The van der Waals surface area contributed by atoms with Crippen LogP contribution in [0.1, 0.15) is 12.5 Å². The molecule has 172 valence electrons. The number of fused-ring (bicyclic) bond motifs is 2. The predicted molar refractivity (Wildman–Crippen MR) is 123 cm³/mol. The van der Waals surface area contributed by atoms with Crippen LogP contribution in [0.25, 0.3) is 10.9 Å². The van der Waals surface area contributed by atoms with Gasteiger partial charge in [0, 0.05) is 43.3 Å². The molecule has 1 saturated heterocycles. The van der Waals surface area contributed by atoms with Gasteiger partial charge in [-0.25, -0.2) is 8.42 Å². The first-order valence-corrected chi connectivity index (χ1v) is 12.2. The SMILES string of the molecule is CC1Oc2ccc(S(=O)(=O)N3CCN(C(=O)Cc4c[nH]c5ccccc45)CC3)cc2NC1=O. The molecule has 0 saturated carbocycles. The Morgan fingerprint density at radius 2 is 1.88 bits per heavy atom. The number of rotatable bonds is 4. The Labute approximate surface area is 191 Å². The summed E-state index contributed by atoms with van der Waals surface area (Å²) in [5.41, 5.74) is 2.25. The minimum atomic E-state index is -3.77. The van der Waals surface area contributed by atoms with E-state index in [9.17, 15) is 18.0 Å². The predicted octanol–water partition coefficient (Wildman–Crippen LogP) is 1.96. The van der Waals surface area contributed by atoms with Crippen LogP contribution in [0.15, 0.2) is 53.6 Å². The van der Waals surface area contributed by atoms with E-state index in [4.69, 9.17) is 4.74 Å². The molecule has 0 bridgehead atoms. The van der Waals surface area contributed by atoms with Gasteiger partial charge >= 0.3 is 0 Å². The van der Waals surface area contributed by atoms with Crippen LogP contribution in [0.2, 0.25) is 0 Å². The summed E-state index contributed by atoms with van der Waals surface area (Å²) in [7, 11) is -3.77. The third kappa shape index (κ3) is 3.96. The second-order valence-corrected chi connectivity index (χ2v) is 10.2. The summed E-state index contributed by atoms with van der Waals surface area (Å²) in [5.74, 6) is 0.0904. The Bertz CT molecular complexity index is 1340. The average Bonchev–Trinajstić information content (AvgIpc) is 3.22. The summed E-state index contributed by atoms with van der Waals surface area (Å²) in [4.78, 5) is 29.7. The zero-order chi connectivity index (χ0) is 23.2. The minimum Gasteiger partial charge on any atom is -0.479 e. The number of ether oxygens (including phenoxy) is 1. The molecule has 0 aliphatic carbocycles. The molecule has 33 heavy (non-hydrogen) atoms. The van der Waals surface area contributed by atoms with E-state index in [-0.39, 0.29) is 36.2 Å². The Hall–Kier alpha value is -3.37. The van der Waals surface area contributed by atoms with Crippen molar-refractivity contribution in [3.63, 3.8) is 0 Å². The molecule has 2 aromatic carbocycles. The van der Waals surface area contributed by atoms with Crippen molar-refractivity contribution in [1.82, 2.24) is 14.2 Å². The van der Waals surface area contributed by atoms with Gasteiger partial charge in [0.25, 0.3) is 5.91 Å². The van der Waals surface area contributed by atoms with Crippen LogP contribution in [0, 0.1) is 0 Å². The van der Waals surface area contributed by atoms with E-state index in [2.05, 4.69) is 10.3 Å². The van der Waals surface area contributed by atoms with Gasteiger partial charge in [0.2, 0.25) is 15.9 Å². The van der Waals surface area contributed by atoms with Gasteiger partial charge in [0.15, 0.2) is 6.10 Å². The summed E-state index contributed by atoms with van der Waals surface area (Å²) in [5, 5.41) is 3.70. The van der Waals surface area contributed by atoms with Crippen molar-refractivity contribution >= 4 is 38.4 Å². The summed E-state index contributed by atoms with van der Waals surface area (Å²) < 4.78 is 33.2. The van der Waals surface area contributed by atoms with Gasteiger partial charge in [-0.2, -0.15) is 4.31 Å². The summed E-state index contributed by atoms with van der Waals surface area (Å²) in [6.07, 6.45) is 1.48. The number of aromatic nitrogens is 1. The van der Waals surface area contributed by atoms with Crippen molar-refractivity contribution in [2.75, 3.05) is 31.5 Å². The molecular formula is C23H24N4O5S. The molecule has 1 unspecified atom stereocenters.